The fourth-order valence-corrected chi connectivity index (χ4v) is 1.72. The summed E-state index contributed by atoms with van der Waals surface area (Å²) in [6, 6.07) is 2.11. The molecule has 0 amide bonds. The summed E-state index contributed by atoms with van der Waals surface area (Å²) in [6.07, 6.45) is 4.30. The number of fused-ring (bicyclic) bond motifs is 1. The summed E-state index contributed by atoms with van der Waals surface area (Å²) in [5.74, 6) is 0. The van der Waals surface area contributed by atoms with E-state index in [2.05, 4.69) is 28.9 Å². The number of thiophene rings is 1. The zero-order valence-corrected chi connectivity index (χ0v) is 5.74. The highest BCUT2D eigenvalue weighted by atomic mass is 32.1. The Bertz CT molecular complexity index is 237. The van der Waals surface area contributed by atoms with Crippen LogP contribution in [0.3, 0.4) is 0 Å². The summed E-state index contributed by atoms with van der Waals surface area (Å²) in [5, 5.41) is 5.37. The van der Waals surface area contributed by atoms with E-state index in [1.165, 1.54) is 10.6 Å². The van der Waals surface area contributed by atoms with Gasteiger partial charge >= 0.3 is 0 Å². The molecule has 0 fully saturated rings. The molecule has 2 heteroatoms. The lowest BCUT2D eigenvalue weighted by Gasteiger charge is -2.05. The molecule has 1 nitrogen and oxygen atoms in total. The Kier molecular flexibility index (Phi) is 1.06. The molecule has 2 heterocycles. The van der Waals surface area contributed by atoms with Crippen molar-refractivity contribution in [2.75, 3.05) is 11.9 Å². The van der Waals surface area contributed by atoms with Crippen molar-refractivity contribution in [3.8, 4) is 0 Å². The fraction of sp³-hybridized carbons (Fsp3) is 0.143. The van der Waals surface area contributed by atoms with Gasteiger partial charge in [-0.05, 0) is 17.5 Å². The predicted molar refractivity (Wildman–Crippen MR) is 41.8 cm³/mol. The molecule has 0 unspecified atom stereocenters. The summed E-state index contributed by atoms with van der Waals surface area (Å²) >= 11 is 1.78. The molecule has 0 aliphatic carbocycles. The first-order chi connectivity index (χ1) is 4.47. The third kappa shape index (κ3) is 0.754. The van der Waals surface area contributed by atoms with Gasteiger partial charge in [0.05, 0.1) is 5.69 Å². The van der Waals surface area contributed by atoms with Crippen molar-refractivity contribution in [1.82, 2.24) is 0 Å². The molecule has 0 radical (unpaired) electrons. The Morgan fingerprint density at radius 1 is 1.56 bits per heavy atom. The van der Waals surface area contributed by atoms with E-state index in [0.717, 1.165) is 6.54 Å². The molecule has 1 aromatic heterocycles. The molecule has 0 saturated heterocycles. The summed E-state index contributed by atoms with van der Waals surface area (Å²) in [6.45, 7) is 0.976. The lowest BCUT2D eigenvalue weighted by molar-refractivity contribution is 1.33. The second-order valence-corrected chi connectivity index (χ2v) is 2.93. The van der Waals surface area contributed by atoms with Crippen LogP contribution in [0, 0.1) is 0 Å². The Morgan fingerprint density at radius 2 is 2.56 bits per heavy atom. The van der Waals surface area contributed by atoms with E-state index in [4.69, 9.17) is 0 Å². The normalized spacial score (nSPS) is 14.7. The van der Waals surface area contributed by atoms with Crippen molar-refractivity contribution in [2.24, 2.45) is 0 Å². The van der Waals surface area contributed by atoms with Gasteiger partial charge in [0.1, 0.15) is 0 Å². The maximum atomic E-state index is 3.27. The molecule has 1 aliphatic heterocycles. The average Bonchev–Trinajstić information content (AvgIpc) is 2.33. The highest BCUT2D eigenvalue weighted by Crippen LogP contribution is 2.25. The first kappa shape index (κ1) is 5.06. The Labute approximate surface area is 58.0 Å². The topological polar surface area (TPSA) is 12.0 Å². The van der Waals surface area contributed by atoms with Crippen LogP contribution in [-0.2, 0) is 0 Å². The molecule has 1 N–H and O–H groups in total. The maximum Gasteiger partial charge on any atom is 0.0525 e. The first-order valence-corrected chi connectivity index (χ1v) is 3.83. The molecular formula is C7H7NS. The van der Waals surface area contributed by atoms with Gasteiger partial charge in [-0.2, -0.15) is 0 Å². The van der Waals surface area contributed by atoms with Crippen molar-refractivity contribution in [1.29, 1.82) is 0 Å². The van der Waals surface area contributed by atoms with Crippen LogP contribution in [0.2, 0.25) is 0 Å². The molecule has 0 aromatic carbocycles. The number of anilines is 1. The number of hydrogen-bond donors (Lipinski definition) is 1. The lowest BCUT2D eigenvalue weighted by atomic mass is 10.3. The van der Waals surface area contributed by atoms with E-state index in [1.54, 1.807) is 11.3 Å². The van der Waals surface area contributed by atoms with E-state index in [0.29, 0.717) is 0 Å². The van der Waals surface area contributed by atoms with Crippen LogP contribution in [-0.4, -0.2) is 6.54 Å². The van der Waals surface area contributed by atoms with E-state index in [1.807, 2.05) is 0 Å². The molecule has 0 atom stereocenters. The van der Waals surface area contributed by atoms with Gasteiger partial charge in [0.15, 0.2) is 0 Å². The van der Waals surface area contributed by atoms with Gasteiger partial charge in [-0.15, -0.1) is 11.3 Å². The Hall–Kier alpha value is -0.760. The molecule has 0 bridgehead atoms. The van der Waals surface area contributed by atoms with Crippen molar-refractivity contribution in [3.05, 3.63) is 22.4 Å². The highest BCUT2D eigenvalue weighted by molar-refractivity contribution is 7.11. The van der Waals surface area contributed by atoms with Crippen LogP contribution in [0.25, 0.3) is 6.08 Å². The van der Waals surface area contributed by atoms with Crippen LogP contribution < -0.4 is 5.32 Å². The molecule has 0 saturated carbocycles. The van der Waals surface area contributed by atoms with E-state index >= 15 is 0 Å². The molecular weight excluding hydrogens is 130 g/mol. The second-order valence-electron chi connectivity index (χ2n) is 1.98. The van der Waals surface area contributed by atoms with Gasteiger partial charge in [0, 0.05) is 11.4 Å². The van der Waals surface area contributed by atoms with Crippen molar-refractivity contribution in [3.63, 3.8) is 0 Å². The molecule has 1 aliphatic rings. The van der Waals surface area contributed by atoms with E-state index in [-0.39, 0.29) is 0 Å². The number of nitrogens with one attached hydrogen (secondary N) is 1. The largest absolute Gasteiger partial charge is 0.380 e. The van der Waals surface area contributed by atoms with Gasteiger partial charge in [0.2, 0.25) is 0 Å². The van der Waals surface area contributed by atoms with Crippen LogP contribution in [0.4, 0.5) is 5.69 Å². The molecule has 2 rings (SSSR count). The summed E-state index contributed by atoms with van der Waals surface area (Å²) in [5.41, 5.74) is 1.28. The number of hydrogen-bond acceptors (Lipinski definition) is 2. The van der Waals surface area contributed by atoms with Crippen LogP contribution in [0.5, 0.6) is 0 Å². The predicted octanol–water partition coefficient (Wildman–Crippen LogP) is 2.19. The summed E-state index contributed by atoms with van der Waals surface area (Å²) < 4.78 is 0. The third-order valence-corrected chi connectivity index (χ3v) is 2.26. The lowest BCUT2D eigenvalue weighted by Crippen LogP contribution is -2.00. The Balaban J connectivity index is 2.53. The minimum absolute atomic E-state index is 0.976. The zero-order valence-electron chi connectivity index (χ0n) is 4.92. The van der Waals surface area contributed by atoms with Gasteiger partial charge < -0.3 is 5.32 Å². The second kappa shape index (κ2) is 1.88. The smallest absolute Gasteiger partial charge is 0.0525 e. The quantitative estimate of drug-likeness (QED) is 0.578. The van der Waals surface area contributed by atoms with E-state index in [9.17, 15) is 0 Å². The van der Waals surface area contributed by atoms with Gasteiger partial charge in [-0.1, -0.05) is 6.08 Å². The monoisotopic (exact) mass is 137 g/mol. The van der Waals surface area contributed by atoms with Gasteiger partial charge in [-0.3, -0.25) is 0 Å². The minimum atomic E-state index is 0.976. The number of rotatable bonds is 0. The average molecular weight is 137 g/mol. The fourth-order valence-electron chi connectivity index (χ4n) is 0.931. The first-order valence-electron chi connectivity index (χ1n) is 2.95. The maximum absolute atomic E-state index is 3.27. The summed E-state index contributed by atoms with van der Waals surface area (Å²) in [4.78, 5) is 1.35. The SMILES string of the molecule is C1=Cc2sccc2NC1. The van der Waals surface area contributed by atoms with Crippen LogP contribution in [0.15, 0.2) is 17.5 Å². The summed E-state index contributed by atoms with van der Waals surface area (Å²) in [7, 11) is 0. The zero-order chi connectivity index (χ0) is 6.10. The van der Waals surface area contributed by atoms with Crippen molar-refractivity contribution >= 4 is 23.1 Å². The molecule has 9 heavy (non-hydrogen) atoms. The highest BCUT2D eigenvalue weighted by Gasteiger charge is 2.01. The van der Waals surface area contributed by atoms with Crippen molar-refractivity contribution in [2.45, 2.75) is 0 Å². The standard InChI is InChI=1S/C7H7NS/c1-2-7-6(8-4-1)3-5-9-7/h1-3,5,8H,4H2. The van der Waals surface area contributed by atoms with Gasteiger partial charge in [0.25, 0.3) is 0 Å². The Morgan fingerprint density at radius 3 is 3.44 bits per heavy atom. The van der Waals surface area contributed by atoms with Crippen LogP contribution in [0.1, 0.15) is 4.88 Å². The van der Waals surface area contributed by atoms with Crippen LogP contribution >= 0.6 is 11.3 Å². The molecule has 0 spiro atoms. The molecule has 1 aromatic rings. The minimum Gasteiger partial charge on any atom is -0.380 e. The third-order valence-electron chi connectivity index (χ3n) is 1.37. The molecule has 46 valence electrons. The van der Waals surface area contributed by atoms with E-state index < -0.39 is 0 Å². The van der Waals surface area contributed by atoms with Crippen molar-refractivity contribution < 1.29 is 0 Å². The van der Waals surface area contributed by atoms with Gasteiger partial charge in [-0.25, -0.2) is 0 Å².